The Balaban J connectivity index is 2.46. The Morgan fingerprint density at radius 1 is 1.06 bits per heavy atom. The average Bonchev–Trinajstić information content (AvgIpc) is 2.41. The van der Waals surface area contributed by atoms with Crippen molar-refractivity contribution in [3.63, 3.8) is 0 Å². The largest absolute Gasteiger partial charge is 0.496 e. The van der Waals surface area contributed by atoms with Gasteiger partial charge in [-0.2, -0.15) is 0 Å². The topological polar surface area (TPSA) is 47.0 Å². The molecule has 0 radical (unpaired) electrons. The van der Waals surface area contributed by atoms with Crippen LogP contribution in [0.25, 0.3) is 11.3 Å². The minimum atomic E-state index is 0.765. The summed E-state index contributed by atoms with van der Waals surface area (Å²) in [6, 6.07) is 7.99. The Kier molecular flexibility index (Phi) is 3.46. The number of nitrogens with one attached hydrogen (secondary N) is 1. The fourth-order valence-corrected chi connectivity index (χ4v) is 1.89. The summed E-state index contributed by atoms with van der Waals surface area (Å²) < 4.78 is 5.31. The summed E-state index contributed by atoms with van der Waals surface area (Å²) >= 11 is 0. The van der Waals surface area contributed by atoms with Crippen molar-refractivity contribution >= 4 is 5.82 Å². The zero-order valence-electron chi connectivity index (χ0n) is 11.1. The number of methoxy groups -OCH3 is 1. The highest BCUT2D eigenvalue weighted by Crippen LogP contribution is 2.28. The van der Waals surface area contributed by atoms with E-state index in [-0.39, 0.29) is 0 Å². The van der Waals surface area contributed by atoms with Crippen molar-refractivity contribution in [2.45, 2.75) is 13.8 Å². The van der Waals surface area contributed by atoms with Gasteiger partial charge in [-0.05, 0) is 49.2 Å². The maximum atomic E-state index is 5.31. The second-order valence-corrected chi connectivity index (χ2v) is 4.19. The lowest BCUT2D eigenvalue weighted by atomic mass is 10.0. The van der Waals surface area contributed by atoms with E-state index in [2.05, 4.69) is 21.6 Å². The summed E-state index contributed by atoms with van der Waals surface area (Å²) in [7, 11) is 3.51. The van der Waals surface area contributed by atoms with Crippen molar-refractivity contribution in [3.8, 4) is 17.0 Å². The number of ether oxygens (including phenoxy) is 1. The maximum Gasteiger partial charge on any atom is 0.148 e. The third-order valence-corrected chi connectivity index (χ3v) is 2.94. The van der Waals surface area contributed by atoms with Crippen LogP contribution in [-0.4, -0.2) is 24.4 Å². The van der Waals surface area contributed by atoms with E-state index in [1.54, 1.807) is 7.11 Å². The molecule has 0 unspecified atom stereocenters. The lowest BCUT2D eigenvalue weighted by molar-refractivity contribution is 0.411. The van der Waals surface area contributed by atoms with Crippen LogP contribution in [0.3, 0.4) is 0 Å². The molecule has 0 saturated heterocycles. The van der Waals surface area contributed by atoms with Crippen LogP contribution in [0.5, 0.6) is 5.75 Å². The highest BCUT2D eigenvalue weighted by Gasteiger charge is 2.08. The number of aromatic nitrogens is 2. The van der Waals surface area contributed by atoms with Crippen molar-refractivity contribution < 1.29 is 4.74 Å². The molecule has 2 aromatic rings. The van der Waals surface area contributed by atoms with Gasteiger partial charge in [0.05, 0.1) is 12.8 Å². The molecule has 0 aliphatic carbocycles. The van der Waals surface area contributed by atoms with Crippen molar-refractivity contribution in [1.29, 1.82) is 0 Å². The van der Waals surface area contributed by atoms with E-state index in [4.69, 9.17) is 4.74 Å². The first-order valence-corrected chi connectivity index (χ1v) is 5.82. The first-order chi connectivity index (χ1) is 8.65. The molecule has 0 spiro atoms. The third-order valence-electron chi connectivity index (χ3n) is 2.94. The SMILES string of the molecule is CNc1ccc(-c2cc(C)c(OC)cc2C)nn1. The monoisotopic (exact) mass is 243 g/mol. The van der Waals surface area contributed by atoms with Crippen LogP contribution in [0.15, 0.2) is 24.3 Å². The van der Waals surface area contributed by atoms with Crippen LogP contribution in [0.1, 0.15) is 11.1 Å². The Bertz CT molecular complexity index is 550. The number of nitrogens with zero attached hydrogens (tertiary/aromatic N) is 2. The number of benzene rings is 1. The Labute approximate surface area is 107 Å². The number of hydrogen-bond acceptors (Lipinski definition) is 4. The predicted molar refractivity (Wildman–Crippen MR) is 73.0 cm³/mol. The number of hydrogen-bond donors (Lipinski definition) is 1. The molecule has 1 N–H and O–H groups in total. The standard InChI is InChI=1S/C14H17N3O/c1-9-8-13(18-4)10(2)7-11(9)12-5-6-14(15-3)17-16-12/h5-8H,1-4H3,(H,15,17). The zero-order chi connectivity index (χ0) is 13.1. The van der Waals surface area contributed by atoms with Gasteiger partial charge >= 0.3 is 0 Å². The van der Waals surface area contributed by atoms with Crippen LogP contribution < -0.4 is 10.1 Å². The summed E-state index contributed by atoms with van der Waals surface area (Å²) in [6.07, 6.45) is 0. The van der Waals surface area contributed by atoms with Crippen molar-refractivity contribution in [3.05, 3.63) is 35.4 Å². The molecule has 0 bridgehead atoms. The van der Waals surface area contributed by atoms with E-state index in [0.29, 0.717) is 0 Å². The molecule has 0 fully saturated rings. The van der Waals surface area contributed by atoms with Crippen molar-refractivity contribution in [2.75, 3.05) is 19.5 Å². The lowest BCUT2D eigenvalue weighted by Gasteiger charge is -2.10. The van der Waals surface area contributed by atoms with Crippen LogP contribution in [0, 0.1) is 13.8 Å². The van der Waals surface area contributed by atoms with E-state index >= 15 is 0 Å². The molecule has 4 heteroatoms. The maximum absolute atomic E-state index is 5.31. The molecular formula is C14H17N3O. The summed E-state index contributed by atoms with van der Waals surface area (Å²) in [5.41, 5.74) is 4.18. The molecule has 1 aromatic carbocycles. The minimum absolute atomic E-state index is 0.765. The van der Waals surface area contributed by atoms with Gasteiger partial charge in [-0.25, -0.2) is 0 Å². The van der Waals surface area contributed by atoms with Gasteiger partial charge in [0, 0.05) is 12.6 Å². The minimum Gasteiger partial charge on any atom is -0.496 e. The summed E-state index contributed by atoms with van der Waals surface area (Å²) in [5.74, 6) is 1.66. The second-order valence-electron chi connectivity index (χ2n) is 4.19. The number of rotatable bonds is 3. The fraction of sp³-hybridized carbons (Fsp3) is 0.286. The average molecular weight is 243 g/mol. The molecule has 4 nitrogen and oxygen atoms in total. The molecule has 0 aliphatic rings. The normalized spacial score (nSPS) is 10.2. The highest BCUT2D eigenvalue weighted by molar-refractivity contribution is 5.66. The first-order valence-electron chi connectivity index (χ1n) is 5.82. The van der Waals surface area contributed by atoms with Crippen LogP contribution in [-0.2, 0) is 0 Å². The van der Waals surface area contributed by atoms with Gasteiger partial charge in [-0.3, -0.25) is 0 Å². The first kappa shape index (κ1) is 12.4. The third kappa shape index (κ3) is 2.27. The molecule has 1 aromatic heterocycles. The molecular weight excluding hydrogens is 226 g/mol. The van der Waals surface area contributed by atoms with Crippen LogP contribution in [0.4, 0.5) is 5.82 Å². The Morgan fingerprint density at radius 2 is 1.83 bits per heavy atom. The number of aryl methyl sites for hydroxylation is 2. The summed E-state index contributed by atoms with van der Waals surface area (Å²) in [4.78, 5) is 0. The molecule has 0 aliphatic heterocycles. The van der Waals surface area contributed by atoms with Gasteiger partial charge in [-0.15, -0.1) is 10.2 Å². The van der Waals surface area contributed by atoms with Crippen molar-refractivity contribution in [2.24, 2.45) is 0 Å². The van der Waals surface area contributed by atoms with Gasteiger partial charge in [0.25, 0.3) is 0 Å². The lowest BCUT2D eigenvalue weighted by Crippen LogP contribution is -1.97. The zero-order valence-corrected chi connectivity index (χ0v) is 11.1. The smallest absolute Gasteiger partial charge is 0.148 e. The van der Waals surface area contributed by atoms with Gasteiger partial charge in [0.1, 0.15) is 11.6 Å². The molecule has 0 amide bonds. The molecule has 0 saturated carbocycles. The van der Waals surface area contributed by atoms with E-state index in [1.807, 2.05) is 39.1 Å². The quantitative estimate of drug-likeness (QED) is 0.900. The molecule has 1 heterocycles. The number of anilines is 1. The highest BCUT2D eigenvalue weighted by atomic mass is 16.5. The van der Waals surface area contributed by atoms with Crippen LogP contribution in [0.2, 0.25) is 0 Å². The van der Waals surface area contributed by atoms with Gasteiger partial charge < -0.3 is 10.1 Å². The Morgan fingerprint density at radius 3 is 2.39 bits per heavy atom. The van der Waals surface area contributed by atoms with E-state index < -0.39 is 0 Å². The van der Waals surface area contributed by atoms with Crippen molar-refractivity contribution in [1.82, 2.24) is 10.2 Å². The second kappa shape index (κ2) is 5.04. The van der Waals surface area contributed by atoms with E-state index in [9.17, 15) is 0 Å². The summed E-state index contributed by atoms with van der Waals surface area (Å²) in [5, 5.41) is 11.3. The summed E-state index contributed by atoms with van der Waals surface area (Å²) in [6.45, 7) is 4.07. The van der Waals surface area contributed by atoms with Gasteiger partial charge in [-0.1, -0.05) is 0 Å². The molecule has 0 atom stereocenters. The van der Waals surface area contributed by atoms with Gasteiger partial charge in [0.15, 0.2) is 0 Å². The molecule has 18 heavy (non-hydrogen) atoms. The Hall–Kier alpha value is -2.10. The van der Waals surface area contributed by atoms with Crippen LogP contribution >= 0.6 is 0 Å². The molecule has 2 rings (SSSR count). The molecule has 94 valence electrons. The van der Waals surface area contributed by atoms with E-state index in [0.717, 1.165) is 34.0 Å². The predicted octanol–water partition coefficient (Wildman–Crippen LogP) is 2.81. The van der Waals surface area contributed by atoms with E-state index in [1.165, 1.54) is 0 Å². The van der Waals surface area contributed by atoms with Gasteiger partial charge in [0.2, 0.25) is 0 Å². The fourth-order valence-electron chi connectivity index (χ4n) is 1.89.